The largest absolute Gasteiger partial charge is 0.348 e. The summed E-state index contributed by atoms with van der Waals surface area (Å²) in [5, 5.41) is 0. The highest BCUT2D eigenvalue weighted by molar-refractivity contribution is 5.77. The van der Waals surface area contributed by atoms with Crippen LogP contribution in [-0.2, 0) is 4.79 Å². The van der Waals surface area contributed by atoms with Gasteiger partial charge in [0, 0.05) is 20.1 Å². The van der Waals surface area contributed by atoms with Crippen LogP contribution >= 0.6 is 0 Å². The summed E-state index contributed by atoms with van der Waals surface area (Å²) in [6, 6.07) is 6.17. The highest BCUT2D eigenvalue weighted by atomic mass is 19.1. The van der Waals surface area contributed by atoms with Crippen LogP contribution in [0.4, 0.5) is 4.39 Å². The minimum Gasteiger partial charge on any atom is -0.348 e. The molecule has 1 aromatic rings. The Morgan fingerprint density at radius 2 is 1.81 bits per heavy atom. The number of rotatable bonds is 7. The maximum atomic E-state index is 13.1. The molecule has 2 unspecified atom stereocenters. The monoisotopic (exact) mass is 295 g/mol. The molecule has 4 nitrogen and oxygen atoms in total. The minimum absolute atomic E-state index is 0.0345. The lowest BCUT2D eigenvalue weighted by atomic mass is 9.96. The second-order valence-corrected chi connectivity index (χ2v) is 5.42. The normalized spacial score (nSPS) is 14.0. The molecule has 0 aliphatic carbocycles. The van der Waals surface area contributed by atoms with Crippen LogP contribution in [0.3, 0.4) is 0 Å². The molecule has 0 aromatic heterocycles. The number of halogens is 1. The summed E-state index contributed by atoms with van der Waals surface area (Å²) in [7, 11) is 3.48. The molecule has 118 valence electrons. The minimum atomic E-state index is -0.269. The van der Waals surface area contributed by atoms with Gasteiger partial charge in [-0.25, -0.2) is 4.39 Å². The molecular weight excluding hydrogens is 269 g/mol. The van der Waals surface area contributed by atoms with Crippen LogP contribution in [-0.4, -0.2) is 48.9 Å². The van der Waals surface area contributed by atoms with E-state index in [0.29, 0.717) is 13.1 Å². The second kappa shape index (κ2) is 8.10. The van der Waals surface area contributed by atoms with Crippen LogP contribution in [0, 0.1) is 5.82 Å². The molecule has 0 saturated heterocycles. The van der Waals surface area contributed by atoms with E-state index in [1.54, 1.807) is 31.1 Å². The van der Waals surface area contributed by atoms with Crippen molar-refractivity contribution in [2.24, 2.45) is 5.73 Å². The van der Waals surface area contributed by atoms with Crippen LogP contribution in [0.25, 0.3) is 0 Å². The van der Waals surface area contributed by atoms with Crippen molar-refractivity contribution in [3.05, 3.63) is 35.6 Å². The van der Waals surface area contributed by atoms with Gasteiger partial charge in [0.2, 0.25) is 5.91 Å². The van der Waals surface area contributed by atoms with Crippen molar-refractivity contribution < 1.29 is 9.18 Å². The van der Waals surface area contributed by atoms with Crippen molar-refractivity contribution in [3.63, 3.8) is 0 Å². The molecule has 1 amide bonds. The first-order chi connectivity index (χ1) is 9.90. The van der Waals surface area contributed by atoms with E-state index in [4.69, 9.17) is 5.73 Å². The lowest BCUT2D eigenvalue weighted by Crippen LogP contribution is -2.45. The molecule has 0 heterocycles. The molecule has 21 heavy (non-hydrogen) atoms. The third-order valence-electron chi connectivity index (χ3n) is 3.73. The van der Waals surface area contributed by atoms with Gasteiger partial charge < -0.3 is 10.6 Å². The third-order valence-corrected chi connectivity index (χ3v) is 3.73. The predicted octanol–water partition coefficient (Wildman–Crippen LogP) is 2.01. The van der Waals surface area contributed by atoms with Gasteiger partial charge >= 0.3 is 0 Å². The summed E-state index contributed by atoms with van der Waals surface area (Å²) in [5.41, 5.74) is 7.20. The molecule has 1 rings (SSSR count). The smallest absolute Gasteiger partial charge is 0.236 e. The molecule has 1 aromatic carbocycles. The zero-order valence-corrected chi connectivity index (χ0v) is 13.3. The van der Waals surface area contributed by atoms with Gasteiger partial charge in [0.15, 0.2) is 0 Å². The Kier molecular flexibility index (Phi) is 6.78. The molecule has 0 saturated carbocycles. The van der Waals surface area contributed by atoms with Crippen LogP contribution in [0.5, 0.6) is 0 Å². The Balaban J connectivity index is 3.04. The van der Waals surface area contributed by atoms with Crippen LogP contribution < -0.4 is 5.73 Å². The molecule has 0 fully saturated rings. The van der Waals surface area contributed by atoms with Gasteiger partial charge in [-0.05, 0) is 30.7 Å². The van der Waals surface area contributed by atoms with Crippen molar-refractivity contribution in [1.82, 2.24) is 9.80 Å². The number of likely N-dealkylation sites (N-methyl/N-ethyl adjacent to an activating group) is 2. The molecule has 2 atom stereocenters. The van der Waals surface area contributed by atoms with Gasteiger partial charge in [0.25, 0.3) is 0 Å². The average molecular weight is 295 g/mol. The number of benzene rings is 1. The van der Waals surface area contributed by atoms with Gasteiger partial charge in [-0.3, -0.25) is 9.69 Å². The van der Waals surface area contributed by atoms with Crippen molar-refractivity contribution in [2.75, 3.05) is 27.2 Å². The summed E-state index contributed by atoms with van der Waals surface area (Å²) in [4.78, 5) is 15.6. The van der Waals surface area contributed by atoms with Crippen molar-refractivity contribution >= 4 is 5.91 Å². The van der Waals surface area contributed by atoms with E-state index in [1.807, 2.05) is 18.7 Å². The third kappa shape index (κ3) is 4.79. The SMILES string of the molecule is CCC(N)C(c1ccc(F)cc1)N(CC)CC(=O)N(C)C. The van der Waals surface area contributed by atoms with E-state index in [1.165, 1.54) is 12.1 Å². The van der Waals surface area contributed by atoms with Gasteiger partial charge in [0.1, 0.15) is 5.82 Å². The molecule has 0 spiro atoms. The summed E-state index contributed by atoms with van der Waals surface area (Å²) >= 11 is 0. The lowest BCUT2D eigenvalue weighted by Gasteiger charge is -2.35. The molecule has 0 radical (unpaired) electrons. The summed E-state index contributed by atoms with van der Waals surface area (Å²) in [6.45, 7) is 5.03. The van der Waals surface area contributed by atoms with Gasteiger partial charge in [0.05, 0.1) is 12.6 Å². The molecule has 0 aliphatic rings. The van der Waals surface area contributed by atoms with E-state index >= 15 is 0 Å². The van der Waals surface area contributed by atoms with E-state index < -0.39 is 0 Å². The summed E-state index contributed by atoms with van der Waals surface area (Å²) in [5.74, 6) is -0.234. The Morgan fingerprint density at radius 1 is 1.24 bits per heavy atom. The highest BCUT2D eigenvalue weighted by Gasteiger charge is 2.26. The van der Waals surface area contributed by atoms with Crippen LogP contribution in [0.1, 0.15) is 31.9 Å². The number of nitrogens with two attached hydrogens (primary N) is 1. The lowest BCUT2D eigenvalue weighted by molar-refractivity contribution is -0.130. The van der Waals surface area contributed by atoms with E-state index in [2.05, 4.69) is 0 Å². The number of nitrogens with zero attached hydrogens (tertiary/aromatic N) is 2. The van der Waals surface area contributed by atoms with Gasteiger partial charge in [-0.15, -0.1) is 0 Å². The van der Waals surface area contributed by atoms with E-state index in [9.17, 15) is 9.18 Å². The second-order valence-electron chi connectivity index (χ2n) is 5.42. The zero-order valence-electron chi connectivity index (χ0n) is 13.3. The first-order valence-electron chi connectivity index (χ1n) is 7.35. The Hall–Kier alpha value is -1.46. The van der Waals surface area contributed by atoms with Crippen LogP contribution in [0.2, 0.25) is 0 Å². The maximum Gasteiger partial charge on any atom is 0.236 e. The maximum absolute atomic E-state index is 13.1. The quantitative estimate of drug-likeness (QED) is 0.837. The fourth-order valence-corrected chi connectivity index (χ4v) is 2.33. The van der Waals surface area contributed by atoms with Crippen molar-refractivity contribution in [3.8, 4) is 0 Å². The van der Waals surface area contributed by atoms with E-state index in [-0.39, 0.29) is 23.8 Å². The summed E-state index contributed by atoms with van der Waals surface area (Å²) < 4.78 is 13.1. The Labute approximate surface area is 126 Å². The summed E-state index contributed by atoms with van der Waals surface area (Å²) in [6.07, 6.45) is 0.786. The first-order valence-corrected chi connectivity index (χ1v) is 7.35. The number of amides is 1. The fraction of sp³-hybridized carbons (Fsp3) is 0.562. The van der Waals surface area contributed by atoms with Crippen LogP contribution in [0.15, 0.2) is 24.3 Å². The standard InChI is InChI=1S/C16H26FN3O/c1-5-14(18)16(12-7-9-13(17)10-8-12)20(6-2)11-15(21)19(3)4/h7-10,14,16H,5-6,11,18H2,1-4H3. The van der Waals surface area contributed by atoms with Crippen molar-refractivity contribution in [2.45, 2.75) is 32.4 Å². The zero-order chi connectivity index (χ0) is 16.0. The molecule has 5 heteroatoms. The Morgan fingerprint density at radius 3 is 2.24 bits per heavy atom. The number of carbonyl (C=O) groups excluding carboxylic acids is 1. The number of carbonyl (C=O) groups is 1. The molecule has 2 N–H and O–H groups in total. The topological polar surface area (TPSA) is 49.6 Å². The number of hydrogen-bond acceptors (Lipinski definition) is 3. The fourth-order valence-electron chi connectivity index (χ4n) is 2.33. The van der Waals surface area contributed by atoms with E-state index in [0.717, 1.165) is 12.0 Å². The molecule has 0 aliphatic heterocycles. The van der Waals surface area contributed by atoms with Gasteiger partial charge in [-0.2, -0.15) is 0 Å². The van der Waals surface area contributed by atoms with Crippen molar-refractivity contribution in [1.29, 1.82) is 0 Å². The first kappa shape index (κ1) is 17.6. The highest BCUT2D eigenvalue weighted by Crippen LogP contribution is 2.25. The predicted molar refractivity (Wildman–Crippen MR) is 83.3 cm³/mol. The number of hydrogen-bond donors (Lipinski definition) is 1. The average Bonchev–Trinajstić information content (AvgIpc) is 2.47. The van der Waals surface area contributed by atoms with Gasteiger partial charge in [-0.1, -0.05) is 26.0 Å². The Bertz CT molecular complexity index is 447. The molecular formula is C16H26FN3O. The molecule has 0 bridgehead atoms.